The molecular formula is C15H26N2O4. The number of imide groups is 1. The van der Waals surface area contributed by atoms with Crippen LogP contribution >= 0.6 is 0 Å². The summed E-state index contributed by atoms with van der Waals surface area (Å²) in [6.07, 6.45) is 7.76. The fourth-order valence-electron chi connectivity index (χ4n) is 2.69. The first-order valence-electron chi connectivity index (χ1n) is 7.79. The number of carboxylic acid groups (broad SMARTS) is 1. The second kappa shape index (κ2) is 9.37. The molecule has 0 saturated heterocycles. The van der Waals surface area contributed by atoms with Crippen molar-refractivity contribution >= 4 is 17.9 Å². The number of aliphatic carboxylic acids is 1. The first-order valence-corrected chi connectivity index (χ1v) is 7.79. The van der Waals surface area contributed by atoms with Gasteiger partial charge in [-0.15, -0.1) is 0 Å². The van der Waals surface area contributed by atoms with Crippen molar-refractivity contribution in [2.75, 3.05) is 0 Å². The number of amides is 3. The highest BCUT2D eigenvalue weighted by Gasteiger charge is 2.17. The highest BCUT2D eigenvalue weighted by atomic mass is 16.4. The standard InChI is InChI=1S/C15H26N2O4/c1-11(10-14(19)20)9-13(18)17-15(21)16-12-7-5-3-2-4-6-8-12/h11-12H,2-10H2,1H3,(H,19,20)(H2,16,17,18,21). The summed E-state index contributed by atoms with van der Waals surface area (Å²) in [5.74, 6) is -1.64. The molecule has 0 radical (unpaired) electrons. The first-order chi connectivity index (χ1) is 9.97. The summed E-state index contributed by atoms with van der Waals surface area (Å²) < 4.78 is 0. The molecule has 6 nitrogen and oxygen atoms in total. The molecule has 1 saturated carbocycles. The Bertz CT molecular complexity index is 363. The predicted octanol–water partition coefficient (Wildman–Crippen LogP) is 2.43. The van der Waals surface area contributed by atoms with Crippen LogP contribution in [-0.4, -0.2) is 29.1 Å². The molecule has 0 aliphatic heterocycles. The maximum absolute atomic E-state index is 11.8. The summed E-state index contributed by atoms with van der Waals surface area (Å²) in [6.45, 7) is 1.68. The van der Waals surface area contributed by atoms with E-state index in [0.717, 1.165) is 25.7 Å². The zero-order valence-corrected chi connectivity index (χ0v) is 12.7. The smallest absolute Gasteiger partial charge is 0.321 e. The highest BCUT2D eigenvalue weighted by molar-refractivity contribution is 5.94. The highest BCUT2D eigenvalue weighted by Crippen LogP contribution is 2.17. The van der Waals surface area contributed by atoms with Gasteiger partial charge in [-0.3, -0.25) is 14.9 Å². The zero-order valence-electron chi connectivity index (χ0n) is 12.7. The van der Waals surface area contributed by atoms with Gasteiger partial charge in [0.2, 0.25) is 5.91 Å². The van der Waals surface area contributed by atoms with Crippen molar-refractivity contribution in [3.05, 3.63) is 0 Å². The summed E-state index contributed by atoms with van der Waals surface area (Å²) in [5, 5.41) is 13.8. The fourth-order valence-corrected chi connectivity index (χ4v) is 2.69. The Labute approximate surface area is 125 Å². The Morgan fingerprint density at radius 3 is 2.19 bits per heavy atom. The van der Waals surface area contributed by atoms with E-state index in [-0.39, 0.29) is 24.8 Å². The molecule has 1 rings (SSSR count). The molecule has 1 unspecified atom stereocenters. The lowest BCUT2D eigenvalue weighted by Gasteiger charge is -2.21. The average Bonchev–Trinajstić information content (AvgIpc) is 2.30. The van der Waals surface area contributed by atoms with Crippen molar-refractivity contribution in [1.29, 1.82) is 0 Å². The van der Waals surface area contributed by atoms with Gasteiger partial charge >= 0.3 is 12.0 Å². The van der Waals surface area contributed by atoms with Crippen LogP contribution in [0.2, 0.25) is 0 Å². The van der Waals surface area contributed by atoms with E-state index in [1.807, 2.05) is 0 Å². The molecule has 1 aliphatic rings. The molecule has 3 N–H and O–H groups in total. The monoisotopic (exact) mass is 298 g/mol. The molecule has 0 aromatic heterocycles. The summed E-state index contributed by atoms with van der Waals surface area (Å²) in [6, 6.07) is -0.331. The van der Waals surface area contributed by atoms with Gasteiger partial charge in [0.25, 0.3) is 0 Å². The fraction of sp³-hybridized carbons (Fsp3) is 0.800. The minimum Gasteiger partial charge on any atom is -0.481 e. The van der Waals surface area contributed by atoms with Gasteiger partial charge in [0, 0.05) is 18.9 Å². The third kappa shape index (κ3) is 8.32. The summed E-state index contributed by atoms with van der Waals surface area (Å²) in [5.41, 5.74) is 0. The van der Waals surface area contributed by atoms with Crippen molar-refractivity contribution < 1.29 is 19.5 Å². The van der Waals surface area contributed by atoms with Gasteiger partial charge in [0.1, 0.15) is 0 Å². The molecule has 0 bridgehead atoms. The Balaban J connectivity index is 2.27. The minimum atomic E-state index is -0.936. The lowest BCUT2D eigenvalue weighted by atomic mass is 9.97. The van der Waals surface area contributed by atoms with Crippen LogP contribution in [0, 0.1) is 5.92 Å². The van der Waals surface area contributed by atoms with Crippen molar-refractivity contribution in [3.8, 4) is 0 Å². The van der Waals surface area contributed by atoms with Crippen LogP contribution in [0.4, 0.5) is 4.79 Å². The van der Waals surface area contributed by atoms with Crippen LogP contribution in [0.5, 0.6) is 0 Å². The van der Waals surface area contributed by atoms with Crippen LogP contribution in [0.25, 0.3) is 0 Å². The van der Waals surface area contributed by atoms with E-state index in [9.17, 15) is 14.4 Å². The van der Waals surface area contributed by atoms with Gasteiger partial charge in [-0.2, -0.15) is 0 Å². The molecule has 0 aromatic carbocycles. The van der Waals surface area contributed by atoms with Crippen LogP contribution in [0.15, 0.2) is 0 Å². The van der Waals surface area contributed by atoms with E-state index >= 15 is 0 Å². The minimum absolute atomic E-state index is 0.0460. The van der Waals surface area contributed by atoms with Crippen molar-refractivity contribution in [2.45, 2.75) is 70.8 Å². The molecule has 1 fully saturated rings. The maximum Gasteiger partial charge on any atom is 0.321 e. The van der Waals surface area contributed by atoms with E-state index in [0.29, 0.717) is 0 Å². The molecule has 1 aliphatic carbocycles. The molecule has 1 atom stereocenters. The number of hydrogen-bond donors (Lipinski definition) is 3. The SMILES string of the molecule is CC(CC(=O)O)CC(=O)NC(=O)NC1CCCCCCC1. The topological polar surface area (TPSA) is 95.5 Å². The van der Waals surface area contributed by atoms with Gasteiger partial charge in [-0.05, 0) is 18.8 Å². The third-order valence-electron chi connectivity index (χ3n) is 3.75. The van der Waals surface area contributed by atoms with Gasteiger partial charge in [0.05, 0.1) is 0 Å². The lowest BCUT2D eigenvalue weighted by molar-refractivity contribution is -0.138. The molecule has 6 heteroatoms. The Hall–Kier alpha value is -1.59. The predicted molar refractivity (Wildman–Crippen MR) is 78.8 cm³/mol. The van der Waals surface area contributed by atoms with E-state index in [1.54, 1.807) is 6.92 Å². The molecule has 3 amide bonds. The zero-order chi connectivity index (χ0) is 15.7. The number of hydrogen-bond acceptors (Lipinski definition) is 3. The lowest BCUT2D eigenvalue weighted by Crippen LogP contribution is -2.45. The van der Waals surface area contributed by atoms with E-state index < -0.39 is 17.9 Å². The number of carbonyl (C=O) groups excluding carboxylic acids is 2. The van der Waals surface area contributed by atoms with E-state index in [1.165, 1.54) is 19.3 Å². The van der Waals surface area contributed by atoms with Crippen molar-refractivity contribution in [1.82, 2.24) is 10.6 Å². The summed E-state index contributed by atoms with van der Waals surface area (Å²) in [7, 11) is 0. The Morgan fingerprint density at radius 1 is 1.05 bits per heavy atom. The molecule has 0 aromatic rings. The average molecular weight is 298 g/mol. The molecule has 21 heavy (non-hydrogen) atoms. The second-order valence-electron chi connectivity index (χ2n) is 5.97. The van der Waals surface area contributed by atoms with Crippen LogP contribution < -0.4 is 10.6 Å². The maximum atomic E-state index is 11.8. The normalized spacial score (nSPS) is 18.1. The number of carbonyl (C=O) groups is 3. The van der Waals surface area contributed by atoms with E-state index in [4.69, 9.17) is 5.11 Å². The van der Waals surface area contributed by atoms with Crippen molar-refractivity contribution in [3.63, 3.8) is 0 Å². The summed E-state index contributed by atoms with van der Waals surface area (Å²) in [4.78, 5) is 33.9. The summed E-state index contributed by atoms with van der Waals surface area (Å²) >= 11 is 0. The Morgan fingerprint density at radius 2 is 1.62 bits per heavy atom. The van der Waals surface area contributed by atoms with Gasteiger partial charge in [-0.1, -0.05) is 39.0 Å². The van der Waals surface area contributed by atoms with Gasteiger partial charge in [-0.25, -0.2) is 4.79 Å². The quantitative estimate of drug-likeness (QED) is 0.726. The van der Waals surface area contributed by atoms with Crippen LogP contribution in [0.3, 0.4) is 0 Å². The Kier molecular flexibility index (Phi) is 7.79. The number of rotatable bonds is 5. The molecule has 0 heterocycles. The second-order valence-corrected chi connectivity index (χ2v) is 5.97. The largest absolute Gasteiger partial charge is 0.481 e. The molecule has 0 spiro atoms. The van der Waals surface area contributed by atoms with Crippen LogP contribution in [-0.2, 0) is 9.59 Å². The third-order valence-corrected chi connectivity index (χ3v) is 3.75. The van der Waals surface area contributed by atoms with Crippen molar-refractivity contribution in [2.24, 2.45) is 5.92 Å². The molecule has 120 valence electrons. The van der Waals surface area contributed by atoms with Gasteiger partial charge in [0.15, 0.2) is 0 Å². The number of urea groups is 1. The number of carboxylic acids is 1. The number of nitrogens with one attached hydrogen (secondary N) is 2. The van der Waals surface area contributed by atoms with Crippen LogP contribution in [0.1, 0.15) is 64.7 Å². The van der Waals surface area contributed by atoms with Gasteiger partial charge < -0.3 is 10.4 Å². The first kappa shape index (κ1) is 17.5. The van der Waals surface area contributed by atoms with E-state index in [2.05, 4.69) is 10.6 Å². The molecular weight excluding hydrogens is 272 g/mol.